The third-order valence-corrected chi connectivity index (χ3v) is 5.60. The Labute approximate surface area is 131 Å². The van der Waals surface area contributed by atoms with Gasteiger partial charge in [-0.15, -0.1) is 0 Å². The van der Waals surface area contributed by atoms with Crippen molar-refractivity contribution in [2.45, 2.75) is 44.9 Å². The lowest BCUT2D eigenvalue weighted by Crippen LogP contribution is -2.33. The lowest BCUT2D eigenvalue weighted by atomic mass is 10.00. The summed E-state index contributed by atoms with van der Waals surface area (Å²) in [6.45, 7) is 11.9. The van der Waals surface area contributed by atoms with Crippen molar-refractivity contribution in [3.05, 3.63) is 6.42 Å². The van der Waals surface area contributed by atoms with E-state index in [1.807, 2.05) is 0 Å². The molecule has 0 aliphatic carbocycles. The molecule has 3 aliphatic heterocycles. The predicted molar refractivity (Wildman–Crippen MR) is 89.4 cm³/mol. The van der Waals surface area contributed by atoms with Crippen molar-refractivity contribution in [2.24, 2.45) is 5.92 Å². The normalized spacial score (nSPS) is 25.6. The van der Waals surface area contributed by atoms with E-state index in [1.54, 1.807) is 0 Å². The summed E-state index contributed by atoms with van der Waals surface area (Å²) >= 11 is 0. The molecule has 3 nitrogen and oxygen atoms in total. The van der Waals surface area contributed by atoms with E-state index in [2.05, 4.69) is 21.1 Å². The van der Waals surface area contributed by atoms with Crippen LogP contribution in [0, 0.1) is 12.3 Å². The molecule has 3 aliphatic rings. The van der Waals surface area contributed by atoms with Crippen LogP contribution in [-0.4, -0.2) is 73.6 Å². The quantitative estimate of drug-likeness (QED) is 0.680. The Morgan fingerprint density at radius 3 is 1.81 bits per heavy atom. The van der Waals surface area contributed by atoms with E-state index in [4.69, 9.17) is 0 Å². The van der Waals surface area contributed by atoms with Crippen LogP contribution < -0.4 is 0 Å². The fraction of sp³-hybridized carbons (Fsp3) is 0.944. The predicted octanol–water partition coefficient (Wildman–Crippen LogP) is 2.48. The maximum Gasteiger partial charge on any atom is 0.00160 e. The summed E-state index contributed by atoms with van der Waals surface area (Å²) in [5, 5.41) is 0. The zero-order chi connectivity index (χ0) is 14.3. The van der Waals surface area contributed by atoms with E-state index in [1.165, 1.54) is 104 Å². The van der Waals surface area contributed by atoms with Crippen LogP contribution in [0.4, 0.5) is 0 Å². The Balaban J connectivity index is 1.41. The molecule has 0 aromatic heterocycles. The minimum atomic E-state index is 0.810. The van der Waals surface area contributed by atoms with Crippen molar-refractivity contribution < 1.29 is 0 Å². The van der Waals surface area contributed by atoms with Crippen LogP contribution in [0.25, 0.3) is 0 Å². The van der Waals surface area contributed by atoms with Crippen LogP contribution >= 0.6 is 0 Å². The van der Waals surface area contributed by atoms with E-state index < -0.39 is 0 Å². The Morgan fingerprint density at radius 1 is 0.667 bits per heavy atom. The lowest BCUT2D eigenvalue weighted by molar-refractivity contribution is 0.244. The monoisotopic (exact) mass is 292 g/mol. The average Bonchev–Trinajstić information content (AvgIpc) is 3.24. The van der Waals surface area contributed by atoms with Gasteiger partial charge in [0.05, 0.1) is 0 Å². The first-order valence-electron chi connectivity index (χ1n) is 9.40. The zero-order valence-corrected chi connectivity index (χ0v) is 13.8. The maximum absolute atomic E-state index is 2.70. The van der Waals surface area contributed by atoms with Gasteiger partial charge in [-0.3, -0.25) is 0 Å². The molecule has 1 atom stereocenters. The summed E-state index contributed by atoms with van der Waals surface area (Å²) in [5.74, 6) is 0.810. The average molecular weight is 292 g/mol. The molecule has 0 spiro atoms. The second-order valence-electron chi connectivity index (χ2n) is 7.35. The van der Waals surface area contributed by atoms with Gasteiger partial charge in [0, 0.05) is 13.1 Å². The van der Waals surface area contributed by atoms with E-state index in [0.717, 1.165) is 5.92 Å². The van der Waals surface area contributed by atoms with Crippen molar-refractivity contribution in [3.63, 3.8) is 0 Å². The van der Waals surface area contributed by atoms with Gasteiger partial charge in [-0.25, -0.2) is 0 Å². The molecule has 0 N–H and O–H groups in total. The van der Waals surface area contributed by atoms with Crippen molar-refractivity contribution in [2.75, 3.05) is 58.9 Å². The molecule has 0 bridgehead atoms. The fourth-order valence-electron chi connectivity index (χ4n) is 4.20. The number of likely N-dealkylation sites (tertiary alicyclic amines) is 3. The van der Waals surface area contributed by atoms with E-state index in [9.17, 15) is 0 Å². The number of hydrogen-bond acceptors (Lipinski definition) is 3. The highest BCUT2D eigenvalue weighted by molar-refractivity contribution is 4.86. The molecule has 3 fully saturated rings. The van der Waals surface area contributed by atoms with Gasteiger partial charge in [0.15, 0.2) is 0 Å². The second-order valence-corrected chi connectivity index (χ2v) is 7.35. The number of hydrogen-bond donors (Lipinski definition) is 0. The van der Waals surface area contributed by atoms with Crippen molar-refractivity contribution in [1.29, 1.82) is 0 Å². The molecule has 121 valence electrons. The lowest BCUT2D eigenvalue weighted by Gasteiger charge is -2.27. The van der Waals surface area contributed by atoms with Crippen LogP contribution in [0.5, 0.6) is 0 Å². The molecule has 0 amide bonds. The van der Waals surface area contributed by atoms with E-state index in [-0.39, 0.29) is 0 Å². The largest absolute Gasteiger partial charge is 0.303 e. The minimum Gasteiger partial charge on any atom is -0.303 e. The van der Waals surface area contributed by atoms with Gasteiger partial charge >= 0.3 is 0 Å². The van der Waals surface area contributed by atoms with Crippen molar-refractivity contribution in [3.8, 4) is 0 Å². The van der Waals surface area contributed by atoms with Gasteiger partial charge in [0.25, 0.3) is 0 Å². The Hall–Kier alpha value is -0.120. The molecule has 3 heterocycles. The van der Waals surface area contributed by atoms with Crippen LogP contribution in [0.3, 0.4) is 0 Å². The van der Waals surface area contributed by atoms with E-state index >= 15 is 0 Å². The van der Waals surface area contributed by atoms with Gasteiger partial charge in [0.2, 0.25) is 0 Å². The van der Waals surface area contributed by atoms with Crippen LogP contribution in [-0.2, 0) is 0 Å². The summed E-state index contributed by atoms with van der Waals surface area (Å²) in [7, 11) is 0. The van der Waals surface area contributed by atoms with Crippen LogP contribution in [0.1, 0.15) is 44.9 Å². The summed E-state index contributed by atoms with van der Waals surface area (Å²) in [4.78, 5) is 8.03. The highest BCUT2D eigenvalue weighted by atomic mass is 15.2. The molecule has 1 radical (unpaired) electrons. The summed E-state index contributed by atoms with van der Waals surface area (Å²) in [6.07, 6.45) is 12.6. The smallest absolute Gasteiger partial charge is 0.00160 e. The highest BCUT2D eigenvalue weighted by Crippen LogP contribution is 2.19. The first-order valence-corrected chi connectivity index (χ1v) is 9.40. The van der Waals surface area contributed by atoms with Gasteiger partial charge in [-0.2, -0.15) is 0 Å². The third-order valence-electron chi connectivity index (χ3n) is 5.60. The standard InChI is InChI=1S/C18H34N3/c1-2-10-19(9-1)15-7-18(17-21-13-5-6-14-21)8-16-20-11-3-4-12-20/h7,18H,1-6,8-17H2. The first-order chi connectivity index (χ1) is 10.4. The van der Waals surface area contributed by atoms with E-state index in [0.29, 0.717) is 0 Å². The molecule has 0 aromatic carbocycles. The SMILES string of the molecule is [CH](CN1CCCC1)C(CCN1CCCC1)CN1CCCC1. The van der Waals surface area contributed by atoms with Gasteiger partial charge in [-0.1, -0.05) is 0 Å². The Kier molecular flexibility index (Phi) is 6.38. The molecule has 1 unspecified atom stereocenters. The van der Waals surface area contributed by atoms with Crippen molar-refractivity contribution >= 4 is 0 Å². The molecule has 0 saturated carbocycles. The molecule has 21 heavy (non-hydrogen) atoms. The Bertz CT molecular complexity index is 256. The van der Waals surface area contributed by atoms with Crippen molar-refractivity contribution in [1.82, 2.24) is 14.7 Å². The first kappa shape index (κ1) is 15.8. The van der Waals surface area contributed by atoms with Crippen LogP contribution in [0.2, 0.25) is 0 Å². The molecule has 3 rings (SSSR count). The zero-order valence-electron chi connectivity index (χ0n) is 13.8. The highest BCUT2D eigenvalue weighted by Gasteiger charge is 2.21. The number of nitrogens with zero attached hydrogens (tertiary/aromatic N) is 3. The summed E-state index contributed by atoms with van der Waals surface area (Å²) < 4.78 is 0. The van der Waals surface area contributed by atoms with Gasteiger partial charge in [0.1, 0.15) is 0 Å². The maximum atomic E-state index is 2.70. The topological polar surface area (TPSA) is 9.72 Å². The Morgan fingerprint density at radius 2 is 1.19 bits per heavy atom. The molecule has 3 saturated heterocycles. The summed E-state index contributed by atoms with van der Waals surface area (Å²) in [6, 6.07) is 0. The minimum absolute atomic E-state index is 0.810. The fourth-order valence-corrected chi connectivity index (χ4v) is 4.20. The molecule has 0 aromatic rings. The molecular weight excluding hydrogens is 258 g/mol. The third kappa shape index (κ3) is 5.22. The second kappa shape index (κ2) is 8.50. The van der Waals surface area contributed by atoms with Gasteiger partial charge < -0.3 is 14.7 Å². The molecule has 3 heteroatoms. The van der Waals surface area contributed by atoms with Crippen LogP contribution in [0.15, 0.2) is 0 Å². The molecular formula is C18H34N3. The summed E-state index contributed by atoms with van der Waals surface area (Å²) in [5.41, 5.74) is 0. The van der Waals surface area contributed by atoms with Gasteiger partial charge in [-0.05, 0) is 103 Å². The number of rotatable bonds is 8.